The van der Waals surface area contributed by atoms with Crippen LogP contribution in [0, 0.1) is 0 Å². The molecule has 0 bridgehead atoms. The lowest BCUT2D eigenvalue weighted by Crippen LogP contribution is -2.21. The lowest BCUT2D eigenvalue weighted by molar-refractivity contribution is 0.0964. The van der Waals surface area contributed by atoms with Crippen LogP contribution in [0.5, 0.6) is 0 Å². The second-order valence-electron chi connectivity index (χ2n) is 3.30. The molecule has 0 radical (unpaired) electrons. The highest BCUT2D eigenvalue weighted by atomic mass is 16.1. The van der Waals surface area contributed by atoms with Crippen LogP contribution >= 0.6 is 0 Å². The summed E-state index contributed by atoms with van der Waals surface area (Å²) < 4.78 is 0. The van der Waals surface area contributed by atoms with E-state index < -0.39 is 0 Å². The summed E-state index contributed by atoms with van der Waals surface area (Å²) in [6.45, 7) is 4.03. The fourth-order valence-corrected chi connectivity index (χ4v) is 1.15. The van der Waals surface area contributed by atoms with Gasteiger partial charge in [0.2, 0.25) is 0 Å². The number of nitrogens with one attached hydrogen (secondary N) is 2. The molecule has 1 rings (SSSR count). The SMILES string of the molecule is CNC(=O)c1ccncc1NC(C)C. The quantitative estimate of drug-likeness (QED) is 0.760. The number of aromatic nitrogens is 1. The highest BCUT2D eigenvalue weighted by Crippen LogP contribution is 2.13. The number of rotatable bonds is 3. The molecule has 0 spiro atoms. The van der Waals surface area contributed by atoms with Crippen LogP contribution in [0.25, 0.3) is 0 Å². The Balaban J connectivity index is 2.97. The molecular weight excluding hydrogens is 178 g/mol. The van der Waals surface area contributed by atoms with Crippen LogP contribution in [0.3, 0.4) is 0 Å². The molecule has 0 atom stereocenters. The van der Waals surface area contributed by atoms with Crippen LogP contribution in [0.2, 0.25) is 0 Å². The molecule has 0 aliphatic carbocycles. The van der Waals surface area contributed by atoms with E-state index in [1.54, 1.807) is 25.5 Å². The van der Waals surface area contributed by atoms with E-state index in [-0.39, 0.29) is 11.9 Å². The summed E-state index contributed by atoms with van der Waals surface area (Å²) >= 11 is 0. The van der Waals surface area contributed by atoms with Gasteiger partial charge in [-0.25, -0.2) is 0 Å². The molecule has 4 heteroatoms. The maximum Gasteiger partial charge on any atom is 0.253 e. The molecule has 76 valence electrons. The average molecular weight is 193 g/mol. The summed E-state index contributed by atoms with van der Waals surface area (Å²) in [5.74, 6) is -0.101. The third-order valence-corrected chi connectivity index (χ3v) is 1.74. The number of hydrogen-bond acceptors (Lipinski definition) is 3. The van der Waals surface area contributed by atoms with Crippen LogP contribution in [-0.2, 0) is 0 Å². The minimum Gasteiger partial charge on any atom is -0.381 e. The van der Waals surface area contributed by atoms with Crippen molar-refractivity contribution in [2.75, 3.05) is 12.4 Å². The minimum absolute atomic E-state index is 0.101. The van der Waals surface area contributed by atoms with Crippen molar-refractivity contribution in [2.45, 2.75) is 19.9 Å². The Kier molecular flexibility index (Phi) is 3.45. The molecule has 0 aliphatic rings. The van der Waals surface area contributed by atoms with E-state index in [1.807, 2.05) is 13.8 Å². The average Bonchev–Trinajstić information content (AvgIpc) is 2.16. The predicted molar refractivity (Wildman–Crippen MR) is 56.4 cm³/mol. The summed E-state index contributed by atoms with van der Waals surface area (Å²) in [6.07, 6.45) is 3.26. The van der Waals surface area contributed by atoms with Gasteiger partial charge in [-0.05, 0) is 19.9 Å². The predicted octanol–water partition coefficient (Wildman–Crippen LogP) is 1.26. The Hall–Kier alpha value is -1.58. The first kappa shape index (κ1) is 10.5. The van der Waals surface area contributed by atoms with Crippen molar-refractivity contribution >= 4 is 11.6 Å². The number of anilines is 1. The normalized spacial score (nSPS) is 10.0. The number of carbonyl (C=O) groups excluding carboxylic acids is 1. The Morgan fingerprint density at radius 1 is 1.50 bits per heavy atom. The summed E-state index contributed by atoms with van der Waals surface area (Å²) in [4.78, 5) is 15.4. The van der Waals surface area contributed by atoms with Crippen LogP contribution in [-0.4, -0.2) is 24.0 Å². The zero-order valence-electron chi connectivity index (χ0n) is 8.66. The van der Waals surface area contributed by atoms with Gasteiger partial charge < -0.3 is 10.6 Å². The molecule has 2 N–H and O–H groups in total. The highest BCUT2D eigenvalue weighted by molar-refractivity contribution is 5.99. The van der Waals surface area contributed by atoms with E-state index in [0.717, 1.165) is 5.69 Å². The molecule has 0 fully saturated rings. The molecule has 0 unspecified atom stereocenters. The molecule has 1 aromatic heterocycles. The van der Waals surface area contributed by atoms with Crippen molar-refractivity contribution in [1.29, 1.82) is 0 Å². The van der Waals surface area contributed by atoms with Crippen molar-refractivity contribution in [2.24, 2.45) is 0 Å². The van der Waals surface area contributed by atoms with Crippen molar-refractivity contribution in [3.8, 4) is 0 Å². The zero-order chi connectivity index (χ0) is 10.6. The van der Waals surface area contributed by atoms with Gasteiger partial charge >= 0.3 is 0 Å². The molecule has 4 nitrogen and oxygen atoms in total. The van der Waals surface area contributed by atoms with Crippen LogP contribution < -0.4 is 10.6 Å². The topological polar surface area (TPSA) is 54.0 Å². The first-order valence-electron chi connectivity index (χ1n) is 4.57. The third kappa shape index (κ3) is 2.45. The Morgan fingerprint density at radius 2 is 2.21 bits per heavy atom. The van der Waals surface area contributed by atoms with E-state index in [1.165, 1.54) is 0 Å². The van der Waals surface area contributed by atoms with Crippen molar-refractivity contribution in [3.63, 3.8) is 0 Å². The molecule has 14 heavy (non-hydrogen) atoms. The van der Waals surface area contributed by atoms with E-state index in [9.17, 15) is 4.79 Å². The second-order valence-corrected chi connectivity index (χ2v) is 3.30. The molecule has 0 aliphatic heterocycles. The maximum atomic E-state index is 11.4. The van der Waals surface area contributed by atoms with Gasteiger partial charge in [0, 0.05) is 19.3 Å². The van der Waals surface area contributed by atoms with Crippen LogP contribution in [0.1, 0.15) is 24.2 Å². The molecular formula is C10H15N3O. The fourth-order valence-electron chi connectivity index (χ4n) is 1.15. The van der Waals surface area contributed by atoms with Gasteiger partial charge in [0.15, 0.2) is 0 Å². The molecule has 0 saturated heterocycles. The standard InChI is InChI=1S/C10H15N3O/c1-7(2)13-9-6-12-5-4-8(9)10(14)11-3/h4-7,13H,1-3H3,(H,11,14). The number of nitrogens with zero attached hydrogens (tertiary/aromatic N) is 1. The molecule has 1 aromatic rings. The molecule has 1 amide bonds. The first-order chi connectivity index (χ1) is 6.65. The van der Waals surface area contributed by atoms with Gasteiger partial charge in [-0.1, -0.05) is 0 Å². The monoisotopic (exact) mass is 193 g/mol. The largest absolute Gasteiger partial charge is 0.381 e. The lowest BCUT2D eigenvalue weighted by Gasteiger charge is -2.12. The number of hydrogen-bond donors (Lipinski definition) is 2. The summed E-state index contributed by atoms with van der Waals surface area (Å²) in [5.41, 5.74) is 1.39. The Morgan fingerprint density at radius 3 is 2.79 bits per heavy atom. The van der Waals surface area contributed by atoms with Crippen molar-refractivity contribution in [3.05, 3.63) is 24.0 Å². The van der Waals surface area contributed by atoms with Gasteiger partial charge in [0.25, 0.3) is 5.91 Å². The van der Waals surface area contributed by atoms with Gasteiger partial charge in [-0.2, -0.15) is 0 Å². The number of carbonyl (C=O) groups is 1. The van der Waals surface area contributed by atoms with E-state index >= 15 is 0 Å². The Labute approximate surface area is 83.7 Å². The van der Waals surface area contributed by atoms with Crippen LogP contribution in [0.15, 0.2) is 18.5 Å². The molecule has 0 aromatic carbocycles. The minimum atomic E-state index is -0.101. The van der Waals surface area contributed by atoms with E-state index in [2.05, 4.69) is 15.6 Å². The Bertz CT molecular complexity index is 323. The smallest absolute Gasteiger partial charge is 0.253 e. The zero-order valence-corrected chi connectivity index (χ0v) is 8.66. The molecule has 0 saturated carbocycles. The van der Waals surface area contributed by atoms with Crippen molar-refractivity contribution < 1.29 is 4.79 Å². The fraction of sp³-hybridized carbons (Fsp3) is 0.400. The highest BCUT2D eigenvalue weighted by Gasteiger charge is 2.09. The first-order valence-corrected chi connectivity index (χ1v) is 4.57. The van der Waals surface area contributed by atoms with Crippen LogP contribution in [0.4, 0.5) is 5.69 Å². The molecule has 1 heterocycles. The summed E-state index contributed by atoms with van der Waals surface area (Å²) in [6, 6.07) is 1.98. The van der Waals surface area contributed by atoms with Gasteiger partial charge in [-0.3, -0.25) is 9.78 Å². The summed E-state index contributed by atoms with van der Waals surface area (Å²) in [5, 5.41) is 5.75. The number of amides is 1. The van der Waals surface area contributed by atoms with E-state index in [4.69, 9.17) is 0 Å². The maximum absolute atomic E-state index is 11.4. The van der Waals surface area contributed by atoms with Gasteiger partial charge in [0.1, 0.15) is 0 Å². The second kappa shape index (κ2) is 4.60. The lowest BCUT2D eigenvalue weighted by atomic mass is 10.2. The summed E-state index contributed by atoms with van der Waals surface area (Å²) in [7, 11) is 1.61. The van der Waals surface area contributed by atoms with Gasteiger partial charge in [-0.15, -0.1) is 0 Å². The van der Waals surface area contributed by atoms with Gasteiger partial charge in [0.05, 0.1) is 17.4 Å². The number of pyridine rings is 1. The third-order valence-electron chi connectivity index (χ3n) is 1.74. The van der Waals surface area contributed by atoms with E-state index in [0.29, 0.717) is 5.56 Å². The van der Waals surface area contributed by atoms with Crippen molar-refractivity contribution in [1.82, 2.24) is 10.3 Å².